The molecule has 0 spiro atoms. The van der Waals surface area contributed by atoms with Crippen molar-refractivity contribution in [1.29, 1.82) is 0 Å². The summed E-state index contributed by atoms with van der Waals surface area (Å²) in [6.07, 6.45) is 0. The molecule has 0 unspecified atom stereocenters. The van der Waals surface area contributed by atoms with Crippen LogP contribution in [0.15, 0.2) is 65.7 Å². The summed E-state index contributed by atoms with van der Waals surface area (Å²) in [5.41, 5.74) is 0.919. The maximum Gasteiger partial charge on any atom is 0.256 e. The molecule has 0 aliphatic heterocycles. The number of hydrogen-bond donors (Lipinski definition) is 2. The summed E-state index contributed by atoms with van der Waals surface area (Å²) in [7, 11) is 0. The third-order valence-electron chi connectivity index (χ3n) is 3.47. The van der Waals surface area contributed by atoms with Crippen molar-refractivity contribution in [3.8, 4) is 0 Å². The molecular weight excluding hydrogens is 403 g/mol. The number of rotatable bonds is 6. The summed E-state index contributed by atoms with van der Waals surface area (Å²) in [4.78, 5) is 24.0. The van der Waals surface area contributed by atoms with Gasteiger partial charge in [-0.15, -0.1) is 10.2 Å². The fraction of sp³-hybridized carbons (Fsp3) is 0.0526. The van der Waals surface area contributed by atoms with E-state index in [0.29, 0.717) is 22.1 Å². The van der Waals surface area contributed by atoms with Crippen LogP contribution in [0.3, 0.4) is 0 Å². The second kappa shape index (κ2) is 9.29. The molecule has 0 aliphatic rings. The minimum Gasteiger partial charge on any atom is -0.325 e. The van der Waals surface area contributed by atoms with Gasteiger partial charge >= 0.3 is 0 Å². The predicted molar refractivity (Wildman–Crippen MR) is 107 cm³/mol. The normalized spacial score (nSPS) is 10.4. The van der Waals surface area contributed by atoms with Crippen LogP contribution in [-0.4, -0.2) is 27.8 Å². The van der Waals surface area contributed by atoms with Gasteiger partial charge in [-0.1, -0.05) is 41.6 Å². The fourth-order valence-corrected chi connectivity index (χ4v) is 2.95. The van der Waals surface area contributed by atoms with E-state index >= 15 is 0 Å². The Kier molecular flexibility index (Phi) is 6.57. The van der Waals surface area contributed by atoms with Crippen LogP contribution in [0, 0.1) is 5.82 Å². The zero-order chi connectivity index (χ0) is 19.9. The van der Waals surface area contributed by atoms with Crippen molar-refractivity contribution in [3.63, 3.8) is 0 Å². The molecule has 0 atom stereocenters. The summed E-state index contributed by atoms with van der Waals surface area (Å²) in [6.45, 7) is 0. The van der Waals surface area contributed by atoms with E-state index in [1.165, 1.54) is 30.0 Å². The van der Waals surface area contributed by atoms with E-state index in [4.69, 9.17) is 11.6 Å². The summed E-state index contributed by atoms with van der Waals surface area (Å²) in [5.74, 6) is -0.740. The third kappa shape index (κ3) is 5.51. The van der Waals surface area contributed by atoms with Crippen molar-refractivity contribution >= 4 is 46.7 Å². The van der Waals surface area contributed by atoms with Gasteiger partial charge in [-0.2, -0.15) is 0 Å². The average Bonchev–Trinajstić information content (AvgIpc) is 2.71. The molecule has 1 aromatic heterocycles. The first-order valence-electron chi connectivity index (χ1n) is 8.09. The zero-order valence-corrected chi connectivity index (χ0v) is 15.9. The van der Waals surface area contributed by atoms with Gasteiger partial charge in [-0.05, 0) is 42.5 Å². The highest BCUT2D eigenvalue weighted by Gasteiger charge is 2.09. The largest absolute Gasteiger partial charge is 0.325 e. The molecular formula is C19H14ClFN4O2S. The number of thioether (sulfide) groups is 1. The van der Waals surface area contributed by atoms with Gasteiger partial charge in [0.25, 0.3) is 5.91 Å². The van der Waals surface area contributed by atoms with E-state index in [1.54, 1.807) is 36.4 Å². The highest BCUT2D eigenvalue weighted by atomic mass is 35.5. The van der Waals surface area contributed by atoms with Crippen molar-refractivity contribution in [3.05, 3.63) is 77.1 Å². The molecule has 0 radical (unpaired) electrons. The van der Waals surface area contributed by atoms with Crippen molar-refractivity contribution in [2.24, 2.45) is 0 Å². The Labute approximate surface area is 169 Å². The minimum absolute atomic E-state index is 0.0653. The van der Waals surface area contributed by atoms with Crippen LogP contribution < -0.4 is 10.6 Å². The molecule has 142 valence electrons. The Bertz CT molecular complexity index is 987. The van der Waals surface area contributed by atoms with Gasteiger partial charge in [0.1, 0.15) is 10.8 Å². The Morgan fingerprint density at radius 2 is 1.79 bits per heavy atom. The first-order chi connectivity index (χ1) is 13.5. The lowest BCUT2D eigenvalue weighted by molar-refractivity contribution is -0.113. The molecule has 2 aromatic carbocycles. The lowest BCUT2D eigenvalue weighted by Crippen LogP contribution is -2.14. The standard InChI is InChI=1S/C19H14ClFN4O2S/c20-14-10-13(6-7-15(14)21)22-17(26)11-28-18-9-8-16(24-25-18)23-19(27)12-4-2-1-3-5-12/h1-10H,11H2,(H,22,26)(H,23,24,27). The van der Waals surface area contributed by atoms with E-state index in [-0.39, 0.29) is 22.6 Å². The molecule has 2 amide bonds. The summed E-state index contributed by atoms with van der Waals surface area (Å²) < 4.78 is 13.1. The number of hydrogen-bond acceptors (Lipinski definition) is 5. The number of amides is 2. The number of benzene rings is 2. The fourth-order valence-electron chi connectivity index (χ4n) is 2.15. The van der Waals surface area contributed by atoms with E-state index in [9.17, 15) is 14.0 Å². The lowest BCUT2D eigenvalue weighted by atomic mass is 10.2. The van der Waals surface area contributed by atoms with Gasteiger partial charge in [-0.3, -0.25) is 9.59 Å². The number of halogens is 2. The average molecular weight is 417 g/mol. The summed E-state index contributed by atoms with van der Waals surface area (Å²) >= 11 is 6.85. The monoisotopic (exact) mass is 416 g/mol. The molecule has 3 aromatic rings. The number of carbonyl (C=O) groups excluding carboxylic acids is 2. The first-order valence-corrected chi connectivity index (χ1v) is 9.45. The highest BCUT2D eigenvalue weighted by molar-refractivity contribution is 7.99. The molecule has 0 bridgehead atoms. The van der Waals surface area contributed by atoms with Crippen LogP contribution in [0.5, 0.6) is 0 Å². The van der Waals surface area contributed by atoms with Crippen LogP contribution >= 0.6 is 23.4 Å². The SMILES string of the molecule is O=C(CSc1ccc(NC(=O)c2ccccc2)nn1)Nc1ccc(F)c(Cl)c1. The number of nitrogens with zero attached hydrogens (tertiary/aromatic N) is 2. The van der Waals surface area contributed by atoms with Gasteiger partial charge in [0.2, 0.25) is 5.91 Å². The van der Waals surface area contributed by atoms with E-state index in [2.05, 4.69) is 20.8 Å². The van der Waals surface area contributed by atoms with Crippen LogP contribution in [0.2, 0.25) is 5.02 Å². The summed E-state index contributed by atoms with van der Waals surface area (Å²) in [5, 5.41) is 13.6. The molecule has 28 heavy (non-hydrogen) atoms. The maximum atomic E-state index is 13.1. The molecule has 1 heterocycles. The Balaban J connectivity index is 1.50. The molecule has 0 fully saturated rings. The van der Waals surface area contributed by atoms with Crippen LogP contribution in [0.1, 0.15) is 10.4 Å². The topological polar surface area (TPSA) is 84.0 Å². The molecule has 2 N–H and O–H groups in total. The third-order valence-corrected chi connectivity index (χ3v) is 4.68. The first kappa shape index (κ1) is 19.8. The van der Waals surface area contributed by atoms with Gasteiger partial charge in [0.05, 0.1) is 10.8 Å². The van der Waals surface area contributed by atoms with Crippen LogP contribution in [-0.2, 0) is 4.79 Å². The summed E-state index contributed by atoms with van der Waals surface area (Å²) in [6, 6.07) is 15.9. The molecule has 9 heteroatoms. The number of anilines is 2. The van der Waals surface area contributed by atoms with Crippen LogP contribution in [0.25, 0.3) is 0 Å². The molecule has 0 saturated carbocycles. The second-order valence-corrected chi connectivity index (χ2v) is 6.95. The highest BCUT2D eigenvalue weighted by Crippen LogP contribution is 2.20. The van der Waals surface area contributed by atoms with Crippen molar-refractivity contribution in [2.75, 3.05) is 16.4 Å². The predicted octanol–water partition coefficient (Wildman–Crippen LogP) is 4.25. The number of aromatic nitrogens is 2. The second-order valence-electron chi connectivity index (χ2n) is 5.54. The van der Waals surface area contributed by atoms with Crippen molar-refractivity contribution in [1.82, 2.24) is 10.2 Å². The lowest BCUT2D eigenvalue weighted by Gasteiger charge is -2.06. The van der Waals surface area contributed by atoms with Crippen molar-refractivity contribution in [2.45, 2.75) is 5.03 Å². The van der Waals surface area contributed by atoms with Gasteiger partial charge in [-0.25, -0.2) is 4.39 Å². The maximum absolute atomic E-state index is 13.1. The Hall–Kier alpha value is -2.97. The molecule has 0 aliphatic carbocycles. The number of carbonyl (C=O) groups is 2. The Morgan fingerprint density at radius 3 is 2.46 bits per heavy atom. The minimum atomic E-state index is -0.552. The van der Waals surface area contributed by atoms with Crippen LogP contribution in [0.4, 0.5) is 15.9 Å². The molecule has 3 rings (SSSR count). The van der Waals surface area contributed by atoms with Gasteiger partial charge in [0, 0.05) is 11.3 Å². The van der Waals surface area contributed by atoms with E-state index in [1.807, 2.05) is 6.07 Å². The smallest absolute Gasteiger partial charge is 0.256 e. The quantitative estimate of drug-likeness (QED) is 0.587. The van der Waals surface area contributed by atoms with E-state index < -0.39 is 5.82 Å². The van der Waals surface area contributed by atoms with E-state index in [0.717, 1.165) is 0 Å². The molecule has 0 saturated heterocycles. The zero-order valence-electron chi connectivity index (χ0n) is 14.4. The Morgan fingerprint density at radius 1 is 1.00 bits per heavy atom. The van der Waals surface area contributed by atoms with Gasteiger partial charge in [0.15, 0.2) is 5.82 Å². The number of nitrogens with one attached hydrogen (secondary N) is 2. The van der Waals surface area contributed by atoms with Crippen molar-refractivity contribution < 1.29 is 14.0 Å². The van der Waals surface area contributed by atoms with Gasteiger partial charge < -0.3 is 10.6 Å². The molecule has 6 nitrogen and oxygen atoms in total.